The summed E-state index contributed by atoms with van der Waals surface area (Å²) < 4.78 is 5.73. The van der Waals surface area contributed by atoms with Gasteiger partial charge in [0.1, 0.15) is 11.9 Å². The summed E-state index contributed by atoms with van der Waals surface area (Å²) >= 11 is 0. The van der Waals surface area contributed by atoms with Crippen molar-refractivity contribution in [1.82, 2.24) is 0 Å². The van der Waals surface area contributed by atoms with E-state index < -0.39 is 22.1 Å². The minimum atomic E-state index is -1.38. The lowest BCUT2D eigenvalue weighted by atomic mass is 9.96. The second kappa shape index (κ2) is 6.91. The van der Waals surface area contributed by atoms with Gasteiger partial charge in [-0.15, -0.1) is 0 Å². The van der Waals surface area contributed by atoms with E-state index in [2.05, 4.69) is 0 Å². The molecule has 2 aromatic rings. The van der Waals surface area contributed by atoms with E-state index in [9.17, 15) is 20.0 Å². The summed E-state index contributed by atoms with van der Waals surface area (Å²) in [5.41, 5.74) is 0.140. The predicted molar refractivity (Wildman–Crippen MR) is 85.0 cm³/mol. The molecule has 0 aliphatic rings. The third-order valence-electron chi connectivity index (χ3n) is 3.76. The zero-order valence-electron chi connectivity index (χ0n) is 12.8. The van der Waals surface area contributed by atoms with Crippen LogP contribution in [0.15, 0.2) is 48.5 Å². The molecular weight excluding hydrogens is 298 g/mol. The Labute approximate surface area is 133 Å². The fourth-order valence-corrected chi connectivity index (χ4v) is 2.31. The average Bonchev–Trinajstić information content (AvgIpc) is 2.54. The fraction of sp³-hybridized carbons (Fsp3) is 0.235. The summed E-state index contributed by atoms with van der Waals surface area (Å²) in [6.07, 6.45) is -0.350. The van der Waals surface area contributed by atoms with Gasteiger partial charge >= 0.3 is 5.97 Å². The van der Waals surface area contributed by atoms with Crippen molar-refractivity contribution in [2.75, 3.05) is 0 Å². The number of ether oxygens (including phenoxy) is 1. The molecule has 0 saturated carbocycles. The Morgan fingerprint density at radius 1 is 1.13 bits per heavy atom. The van der Waals surface area contributed by atoms with Crippen molar-refractivity contribution in [1.29, 1.82) is 0 Å². The van der Waals surface area contributed by atoms with Crippen molar-refractivity contribution in [3.63, 3.8) is 0 Å². The first kappa shape index (κ1) is 16.5. The Kier molecular flexibility index (Phi) is 4.95. The van der Waals surface area contributed by atoms with Gasteiger partial charge < -0.3 is 9.84 Å². The van der Waals surface area contributed by atoms with Crippen molar-refractivity contribution in [3.8, 4) is 5.75 Å². The molecule has 0 saturated heterocycles. The maximum atomic E-state index is 11.4. The summed E-state index contributed by atoms with van der Waals surface area (Å²) in [7, 11) is 0. The number of carbonyl (C=O) groups is 1. The molecule has 2 atom stereocenters. The van der Waals surface area contributed by atoms with Crippen LogP contribution in [0, 0.1) is 10.1 Å². The molecule has 2 rings (SSSR count). The largest absolute Gasteiger partial charge is 0.489 e. The number of aromatic carboxylic acids is 1. The van der Waals surface area contributed by atoms with Crippen LogP contribution in [0.25, 0.3) is 0 Å². The second-order valence-electron chi connectivity index (χ2n) is 5.23. The Hall–Kier alpha value is -2.89. The van der Waals surface area contributed by atoms with Gasteiger partial charge in [0.05, 0.1) is 4.92 Å². The summed E-state index contributed by atoms with van der Waals surface area (Å²) in [5, 5.41) is 20.3. The highest BCUT2D eigenvalue weighted by molar-refractivity contribution is 5.95. The van der Waals surface area contributed by atoms with E-state index in [4.69, 9.17) is 4.74 Å². The Morgan fingerprint density at radius 3 is 2.35 bits per heavy atom. The summed E-state index contributed by atoms with van der Waals surface area (Å²) in [4.78, 5) is 21.7. The smallest absolute Gasteiger partial charge is 0.346 e. The number of rotatable bonds is 6. The van der Waals surface area contributed by atoms with Crippen molar-refractivity contribution in [3.05, 3.63) is 69.8 Å². The molecule has 0 bridgehead atoms. The van der Waals surface area contributed by atoms with Crippen LogP contribution in [0.2, 0.25) is 0 Å². The minimum Gasteiger partial charge on any atom is -0.489 e. The van der Waals surface area contributed by atoms with Crippen LogP contribution in [0.4, 0.5) is 5.69 Å². The molecule has 23 heavy (non-hydrogen) atoms. The third kappa shape index (κ3) is 3.66. The van der Waals surface area contributed by atoms with Crippen molar-refractivity contribution < 1.29 is 19.6 Å². The minimum absolute atomic E-state index is 0.00183. The number of nitro benzene ring substituents is 1. The van der Waals surface area contributed by atoms with Crippen LogP contribution >= 0.6 is 0 Å². The summed E-state index contributed by atoms with van der Waals surface area (Å²) in [5.74, 6) is -1.38. The van der Waals surface area contributed by atoms with E-state index in [0.29, 0.717) is 0 Å². The van der Waals surface area contributed by atoms with E-state index in [-0.39, 0.29) is 17.8 Å². The van der Waals surface area contributed by atoms with Gasteiger partial charge in [-0.3, -0.25) is 10.1 Å². The first-order valence-corrected chi connectivity index (χ1v) is 7.14. The van der Waals surface area contributed by atoms with Gasteiger partial charge in [0.25, 0.3) is 5.69 Å². The molecule has 6 heteroatoms. The van der Waals surface area contributed by atoms with E-state index in [1.54, 1.807) is 0 Å². The molecule has 2 aromatic carbocycles. The number of benzene rings is 2. The molecule has 0 heterocycles. The standard InChI is InChI=1S/C17H17NO5/c1-11(13-7-4-3-5-8-13)12(2)23-15-10-6-9-14(18(21)22)16(15)17(19)20/h3-12H,1-2H3,(H,19,20)/t11-,12+/m1/s1. The van der Waals surface area contributed by atoms with Crippen LogP contribution in [-0.2, 0) is 0 Å². The van der Waals surface area contributed by atoms with Gasteiger partial charge in [-0.05, 0) is 18.6 Å². The van der Waals surface area contributed by atoms with Crippen molar-refractivity contribution in [2.24, 2.45) is 0 Å². The lowest BCUT2D eigenvalue weighted by Gasteiger charge is -2.22. The maximum absolute atomic E-state index is 11.4. The Balaban J connectivity index is 2.31. The molecule has 0 amide bonds. The van der Waals surface area contributed by atoms with Crippen molar-refractivity contribution in [2.45, 2.75) is 25.9 Å². The molecule has 0 aromatic heterocycles. The molecule has 120 valence electrons. The normalized spacial score (nSPS) is 13.1. The monoisotopic (exact) mass is 315 g/mol. The number of carboxylic acid groups (broad SMARTS) is 1. The van der Waals surface area contributed by atoms with Gasteiger partial charge in [-0.2, -0.15) is 0 Å². The molecule has 6 nitrogen and oxygen atoms in total. The van der Waals surface area contributed by atoms with Crippen molar-refractivity contribution >= 4 is 11.7 Å². The SMILES string of the molecule is C[C@H](Oc1cccc([N+](=O)[O-])c1C(=O)O)[C@@H](C)c1ccccc1. The molecule has 0 aliphatic carbocycles. The van der Waals surface area contributed by atoms with E-state index in [1.165, 1.54) is 12.1 Å². The average molecular weight is 315 g/mol. The lowest BCUT2D eigenvalue weighted by molar-refractivity contribution is -0.385. The molecule has 0 fully saturated rings. The van der Waals surface area contributed by atoms with Crippen LogP contribution in [-0.4, -0.2) is 22.1 Å². The van der Waals surface area contributed by atoms with Gasteiger partial charge in [-0.1, -0.05) is 43.3 Å². The third-order valence-corrected chi connectivity index (χ3v) is 3.76. The molecular formula is C17H17NO5. The second-order valence-corrected chi connectivity index (χ2v) is 5.23. The number of carboxylic acids is 1. The predicted octanol–water partition coefficient (Wildman–Crippen LogP) is 3.86. The zero-order valence-corrected chi connectivity index (χ0v) is 12.8. The van der Waals surface area contributed by atoms with E-state index >= 15 is 0 Å². The fourth-order valence-electron chi connectivity index (χ4n) is 2.31. The first-order chi connectivity index (χ1) is 10.9. The summed E-state index contributed by atoms with van der Waals surface area (Å²) in [6, 6.07) is 13.6. The van der Waals surface area contributed by atoms with Crippen LogP contribution in [0.1, 0.15) is 35.7 Å². The molecule has 0 unspecified atom stereocenters. The van der Waals surface area contributed by atoms with Crippen LogP contribution in [0.3, 0.4) is 0 Å². The highest BCUT2D eigenvalue weighted by atomic mass is 16.6. The highest BCUT2D eigenvalue weighted by Crippen LogP contribution is 2.31. The van der Waals surface area contributed by atoms with E-state index in [1.807, 2.05) is 44.2 Å². The van der Waals surface area contributed by atoms with E-state index in [0.717, 1.165) is 11.6 Å². The molecule has 0 aliphatic heterocycles. The number of nitrogens with zero attached hydrogens (tertiary/aromatic N) is 1. The number of hydrogen-bond acceptors (Lipinski definition) is 4. The summed E-state index contributed by atoms with van der Waals surface area (Å²) in [6.45, 7) is 3.76. The topological polar surface area (TPSA) is 89.7 Å². The molecule has 0 spiro atoms. The quantitative estimate of drug-likeness (QED) is 0.645. The van der Waals surface area contributed by atoms with Gasteiger partial charge in [0.15, 0.2) is 5.56 Å². The van der Waals surface area contributed by atoms with Gasteiger partial charge in [0.2, 0.25) is 0 Å². The van der Waals surface area contributed by atoms with Gasteiger partial charge in [-0.25, -0.2) is 4.79 Å². The Morgan fingerprint density at radius 2 is 1.78 bits per heavy atom. The number of nitro groups is 1. The highest BCUT2D eigenvalue weighted by Gasteiger charge is 2.26. The van der Waals surface area contributed by atoms with Crippen LogP contribution in [0.5, 0.6) is 5.75 Å². The lowest BCUT2D eigenvalue weighted by Crippen LogP contribution is -2.21. The van der Waals surface area contributed by atoms with Crippen LogP contribution < -0.4 is 4.74 Å². The zero-order chi connectivity index (χ0) is 17.0. The van der Waals surface area contributed by atoms with Gasteiger partial charge in [0, 0.05) is 12.0 Å². The molecule has 1 N–H and O–H groups in total. The maximum Gasteiger partial charge on any atom is 0.346 e. The molecule has 0 radical (unpaired) electrons. The first-order valence-electron chi connectivity index (χ1n) is 7.14. The Bertz CT molecular complexity index is 714. The number of hydrogen-bond donors (Lipinski definition) is 1.